The van der Waals surface area contributed by atoms with Gasteiger partial charge in [0, 0.05) is 16.8 Å². The van der Waals surface area contributed by atoms with Gasteiger partial charge in [0.2, 0.25) is 11.0 Å². The van der Waals surface area contributed by atoms with Crippen LogP contribution in [0.2, 0.25) is 0 Å². The molecule has 5 aromatic rings. The van der Waals surface area contributed by atoms with E-state index in [0.29, 0.717) is 26.3 Å². The summed E-state index contributed by atoms with van der Waals surface area (Å²) in [5.41, 5.74) is 3.75. The van der Waals surface area contributed by atoms with Crippen molar-refractivity contribution < 1.29 is 14.4 Å². The van der Waals surface area contributed by atoms with Crippen LogP contribution in [0.4, 0.5) is 10.8 Å². The van der Waals surface area contributed by atoms with Crippen molar-refractivity contribution in [1.82, 2.24) is 15.2 Å². The Kier molecular flexibility index (Phi) is 8.67. The number of nitrogens with one attached hydrogen (secondary N) is 2. The number of thiazole rings is 1. The Bertz CT molecular complexity index is 1650. The summed E-state index contributed by atoms with van der Waals surface area (Å²) < 4.78 is 2.27. The number of hydrogen-bond donors (Lipinski definition) is 2. The molecule has 39 heavy (non-hydrogen) atoms. The zero-order valence-corrected chi connectivity index (χ0v) is 23.8. The molecule has 0 spiro atoms. The second kappa shape index (κ2) is 12.5. The summed E-state index contributed by atoms with van der Waals surface area (Å²) in [6, 6.07) is 22.0. The normalized spacial score (nSPS) is 10.9. The number of rotatable bonds is 10. The molecule has 0 aliphatic heterocycles. The molecule has 0 aliphatic carbocycles. The van der Waals surface area contributed by atoms with Crippen molar-refractivity contribution in [3.8, 4) is 0 Å². The minimum atomic E-state index is -0.224. The predicted molar refractivity (Wildman–Crippen MR) is 160 cm³/mol. The van der Waals surface area contributed by atoms with Gasteiger partial charge in [0.25, 0.3) is 5.91 Å². The van der Waals surface area contributed by atoms with Crippen LogP contribution in [0.15, 0.2) is 81.5 Å². The van der Waals surface area contributed by atoms with E-state index < -0.39 is 0 Å². The SMILES string of the molecule is Cc1cccc(C(=O)Nc2ccc3nc(SCC(=O)Nc4nnc(SCC(=O)c5ccccc5)s4)sc3c2)c1. The van der Waals surface area contributed by atoms with E-state index in [-0.39, 0.29) is 29.1 Å². The molecule has 0 atom stereocenters. The third-order valence-corrected chi connectivity index (χ3v) is 9.44. The van der Waals surface area contributed by atoms with Gasteiger partial charge < -0.3 is 5.32 Å². The van der Waals surface area contributed by atoms with E-state index >= 15 is 0 Å². The number of carbonyl (C=O) groups excluding carboxylic acids is 3. The van der Waals surface area contributed by atoms with Gasteiger partial charge in [0.1, 0.15) is 0 Å². The van der Waals surface area contributed by atoms with Crippen molar-refractivity contribution in [2.75, 3.05) is 22.1 Å². The average molecular weight is 592 g/mol. The van der Waals surface area contributed by atoms with Crippen LogP contribution in [0.5, 0.6) is 0 Å². The van der Waals surface area contributed by atoms with E-state index in [1.165, 1.54) is 46.2 Å². The van der Waals surface area contributed by atoms with Gasteiger partial charge in [-0.05, 0) is 37.3 Å². The maximum absolute atomic E-state index is 12.6. The maximum Gasteiger partial charge on any atom is 0.255 e. The Labute approximate surface area is 240 Å². The summed E-state index contributed by atoms with van der Waals surface area (Å²) >= 11 is 5.30. The third kappa shape index (κ3) is 7.30. The smallest absolute Gasteiger partial charge is 0.255 e. The van der Waals surface area contributed by atoms with Crippen LogP contribution in [0.3, 0.4) is 0 Å². The highest BCUT2D eigenvalue weighted by Gasteiger charge is 2.14. The van der Waals surface area contributed by atoms with Gasteiger partial charge in [-0.2, -0.15) is 0 Å². The molecular formula is C27H21N5O3S4. The standard InChI is InChI=1S/C27H21N5O3S4/c1-16-6-5-9-18(12-16)24(35)28-19-10-11-20-22(13-19)38-26(29-20)37-15-23(34)30-25-31-32-27(39-25)36-14-21(33)17-7-3-2-4-8-17/h2-13H,14-15H2,1H3,(H,28,35)(H,30,31,34). The number of nitrogens with zero attached hydrogens (tertiary/aromatic N) is 3. The Morgan fingerprint density at radius 2 is 1.59 bits per heavy atom. The van der Waals surface area contributed by atoms with E-state index in [0.717, 1.165) is 20.1 Å². The van der Waals surface area contributed by atoms with Gasteiger partial charge in [-0.3, -0.25) is 19.7 Å². The van der Waals surface area contributed by atoms with Crippen molar-refractivity contribution in [1.29, 1.82) is 0 Å². The molecule has 0 fully saturated rings. The monoisotopic (exact) mass is 591 g/mol. The number of amides is 2. The molecule has 3 aromatic carbocycles. The molecule has 0 unspecified atom stereocenters. The lowest BCUT2D eigenvalue weighted by Gasteiger charge is -2.05. The van der Waals surface area contributed by atoms with Gasteiger partial charge in [-0.25, -0.2) is 4.98 Å². The number of Topliss-reactive ketones (excluding diaryl/α,β-unsaturated/α-hetero) is 1. The summed E-state index contributed by atoms with van der Waals surface area (Å²) in [4.78, 5) is 41.9. The number of hydrogen-bond acceptors (Lipinski definition) is 10. The second-order valence-corrected chi connectivity index (χ2v) is 12.7. The molecule has 12 heteroatoms. The van der Waals surface area contributed by atoms with Crippen molar-refractivity contribution >= 4 is 84.8 Å². The molecule has 5 rings (SSSR count). The summed E-state index contributed by atoms with van der Waals surface area (Å²) in [6.07, 6.45) is 0. The largest absolute Gasteiger partial charge is 0.322 e. The number of carbonyl (C=O) groups is 3. The summed E-state index contributed by atoms with van der Waals surface area (Å²) in [7, 11) is 0. The van der Waals surface area contributed by atoms with E-state index in [4.69, 9.17) is 0 Å². The van der Waals surface area contributed by atoms with E-state index in [1.54, 1.807) is 18.2 Å². The fourth-order valence-electron chi connectivity index (χ4n) is 3.47. The van der Waals surface area contributed by atoms with Crippen molar-refractivity contribution in [3.63, 3.8) is 0 Å². The van der Waals surface area contributed by atoms with Crippen LogP contribution < -0.4 is 10.6 Å². The molecule has 8 nitrogen and oxygen atoms in total. The highest BCUT2D eigenvalue weighted by Crippen LogP contribution is 2.32. The lowest BCUT2D eigenvalue weighted by Crippen LogP contribution is -2.13. The second-order valence-electron chi connectivity index (χ2n) is 8.27. The predicted octanol–water partition coefficient (Wildman–Crippen LogP) is 6.41. The quantitative estimate of drug-likeness (QED) is 0.109. The summed E-state index contributed by atoms with van der Waals surface area (Å²) in [6.45, 7) is 1.95. The van der Waals surface area contributed by atoms with Crippen LogP contribution in [0.25, 0.3) is 10.2 Å². The maximum atomic E-state index is 12.6. The highest BCUT2D eigenvalue weighted by atomic mass is 32.2. The number of benzene rings is 3. The van der Waals surface area contributed by atoms with Gasteiger partial charge in [-0.15, -0.1) is 21.5 Å². The molecule has 0 bridgehead atoms. The lowest BCUT2D eigenvalue weighted by atomic mass is 10.1. The van der Waals surface area contributed by atoms with Gasteiger partial charge >= 0.3 is 0 Å². The first-order valence-electron chi connectivity index (χ1n) is 11.7. The summed E-state index contributed by atoms with van der Waals surface area (Å²) in [5, 5.41) is 14.1. The molecule has 0 saturated carbocycles. The highest BCUT2D eigenvalue weighted by molar-refractivity contribution is 8.02. The minimum absolute atomic E-state index is 0.00870. The Hall–Kier alpha value is -3.58. The number of aryl methyl sites for hydroxylation is 1. The van der Waals surface area contributed by atoms with Crippen molar-refractivity contribution in [2.45, 2.75) is 15.6 Å². The Morgan fingerprint density at radius 1 is 0.795 bits per heavy atom. The van der Waals surface area contributed by atoms with Crippen LogP contribution >= 0.6 is 46.2 Å². The van der Waals surface area contributed by atoms with Crippen LogP contribution in [0, 0.1) is 6.92 Å². The van der Waals surface area contributed by atoms with E-state index in [9.17, 15) is 14.4 Å². The number of aromatic nitrogens is 3. The van der Waals surface area contributed by atoms with Gasteiger partial charge in [0.15, 0.2) is 14.5 Å². The number of ketones is 1. The number of anilines is 2. The topological polar surface area (TPSA) is 114 Å². The van der Waals surface area contributed by atoms with Crippen molar-refractivity contribution in [2.24, 2.45) is 0 Å². The minimum Gasteiger partial charge on any atom is -0.322 e. The molecule has 2 heterocycles. The Balaban J connectivity index is 1.11. The molecule has 2 amide bonds. The lowest BCUT2D eigenvalue weighted by molar-refractivity contribution is -0.113. The molecule has 0 saturated heterocycles. The first kappa shape index (κ1) is 27.0. The number of thioether (sulfide) groups is 2. The zero-order chi connectivity index (χ0) is 27.2. The fraction of sp³-hybridized carbons (Fsp3) is 0.111. The van der Waals surface area contributed by atoms with Gasteiger partial charge in [0.05, 0.1) is 21.7 Å². The summed E-state index contributed by atoms with van der Waals surface area (Å²) in [5.74, 6) is 0.0191. The first-order chi connectivity index (χ1) is 18.9. The number of fused-ring (bicyclic) bond motifs is 1. The zero-order valence-electron chi connectivity index (χ0n) is 20.5. The Morgan fingerprint density at radius 3 is 2.41 bits per heavy atom. The average Bonchev–Trinajstić information content (AvgIpc) is 3.57. The van der Waals surface area contributed by atoms with Gasteiger partial charge in [-0.1, -0.05) is 82.9 Å². The molecule has 2 aromatic heterocycles. The first-order valence-corrected chi connectivity index (χ1v) is 15.3. The van der Waals surface area contributed by atoms with Crippen LogP contribution in [-0.4, -0.2) is 44.3 Å². The fourth-order valence-corrected chi connectivity index (χ4v) is 7.04. The van der Waals surface area contributed by atoms with Crippen molar-refractivity contribution in [3.05, 3.63) is 89.5 Å². The molecular weight excluding hydrogens is 571 g/mol. The van der Waals surface area contributed by atoms with E-state index in [1.807, 2.05) is 61.5 Å². The molecule has 2 N–H and O–H groups in total. The molecule has 0 aliphatic rings. The molecule has 0 radical (unpaired) electrons. The molecule has 196 valence electrons. The van der Waals surface area contributed by atoms with E-state index in [2.05, 4.69) is 25.8 Å². The van der Waals surface area contributed by atoms with Crippen LogP contribution in [0.1, 0.15) is 26.3 Å². The van der Waals surface area contributed by atoms with Crippen LogP contribution in [-0.2, 0) is 4.79 Å². The third-order valence-electron chi connectivity index (χ3n) is 5.31.